The summed E-state index contributed by atoms with van der Waals surface area (Å²) in [5.41, 5.74) is -1.44. The lowest BCUT2D eigenvalue weighted by Crippen LogP contribution is -2.63. The minimum atomic E-state index is -4.80. The number of halogens is 4. The van der Waals surface area contributed by atoms with Crippen LogP contribution in [0.4, 0.5) is 17.6 Å². The fourth-order valence-electron chi connectivity index (χ4n) is 4.02. The summed E-state index contributed by atoms with van der Waals surface area (Å²) in [4.78, 5) is 2.01. The van der Waals surface area contributed by atoms with Gasteiger partial charge in [0.25, 0.3) is 0 Å². The molecular weight excluding hydrogens is 378 g/mol. The van der Waals surface area contributed by atoms with Crippen LogP contribution < -0.4 is 9.47 Å². The van der Waals surface area contributed by atoms with Gasteiger partial charge in [0.15, 0.2) is 11.6 Å². The third kappa shape index (κ3) is 3.54. The van der Waals surface area contributed by atoms with Gasteiger partial charge in [-0.2, -0.15) is 0 Å². The Hall–Kier alpha value is -2.32. The van der Waals surface area contributed by atoms with Crippen LogP contribution >= 0.6 is 0 Å². The minimum absolute atomic E-state index is 0.0239. The van der Waals surface area contributed by atoms with Gasteiger partial charge in [0.2, 0.25) is 0 Å². The second-order valence-corrected chi connectivity index (χ2v) is 7.36. The van der Waals surface area contributed by atoms with Crippen LogP contribution in [0, 0.1) is 11.2 Å². The van der Waals surface area contributed by atoms with Crippen LogP contribution in [0.15, 0.2) is 42.5 Å². The number of methoxy groups -OCH3 is 1. The van der Waals surface area contributed by atoms with Gasteiger partial charge in [-0.15, -0.1) is 13.2 Å². The van der Waals surface area contributed by atoms with E-state index in [-0.39, 0.29) is 11.5 Å². The normalized spacial score (nSPS) is 18.9. The monoisotopic (exact) mass is 399 g/mol. The smallest absolute Gasteiger partial charge is 0.494 e. The maximum Gasteiger partial charge on any atom is 0.573 e. The summed E-state index contributed by atoms with van der Waals surface area (Å²) in [7, 11) is 3.22. The molecule has 8 heteroatoms. The highest BCUT2D eigenvalue weighted by Gasteiger charge is 2.55. The summed E-state index contributed by atoms with van der Waals surface area (Å²) in [6.45, 7) is 2.97. The van der Waals surface area contributed by atoms with Crippen molar-refractivity contribution in [3.63, 3.8) is 0 Å². The number of hydrogen-bond donors (Lipinski definition) is 1. The van der Waals surface area contributed by atoms with E-state index in [1.807, 2.05) is 18.9 Å². The quantitative estimate of drug-likeness (QED) is 0.774. The van der Waals surface area contributed by atoms with Gasteiger partial charge in [-0.05, 0) is 42.4 Å². The Balaban J connectivity index is 2.08. The lowest BCUT2D eigenvalue weighted by Gasteiger charge is -2.56. The molecule has 1 aliphatic rings. The highest BCUT2D eigenvalue weighted by atomic mass is 19.4. The molecule has 2 aromatic rings. The SMILES string of the molecule is COc1cc([C@@](O)(c2ccc(OC(F)(F)F)cc2)C2(C)CN(C)C2)ccc1F. The van der Waals surface area contributed by atoms with E-state index >= 15 is 0 Å². The van der Waals surface area contributed by atoms with E-state index in [0.717, 1.165) is 12.1 Å². The van der Waals surface area contributed by atoms with E-state index in [1.54, 1.807) is 0 Å². The first-order valence-electron chi connectivity index (χ1n) is 8.60. The summed E-state index contributed by atoms with van der Waals surface area (Å²) < 4.78 is 60.1. The van der Waals surface area contributed by atoms with Crippen molar-refractivity contribution in [3.05, 3.63) is 59.4 Å². The van der Waals surface area contributed by atoms with Gasteiger partial charge in [-0.25, -0.2) is 4.39 Å². The van der Waals surface area contributed by atoms with Crippen LogP contribution in [0.2, 0.25) is 0 Å². The van der Waals surface area contributed by atoms with Gasteiger partial charge < -0.3 is 19.5 Å². The Morgan fingerprint density at radius 2 is 1.61 bits per heavy atom. The number of likely N-dealkylation sites (tertiary alicyclic amines) is 1. The summed E-state index contributed by atoms with van der Waals surface area (Å²) in [5, 5.41) is 11.8. The Labute approximate surface area is 160 Å². The zero-order chi connectivity index (χ0) is 20.7. The Kier molecular flexibility index (Phi) is 5.05. The van der Waals surface area contributed by atoms with Crippen molar-refractivity contribution in [2.45, 2.75) is 18.9 Å². The topological polar surface area (TPSA) is 41.9 Å². The fourth-order valence-corrected chi connectivity index (χ4v) is 4.02. The van der Waals surface area contributed by atoms with E-state index in [0.29, 0.717) is 24.2 Å². The molecule has 0 aliphatic carbocycles. The highest BCUT2D eigenvalue weighted by Crippen LogP contribution is 2.51. The van der Waals surface area contributed by atoms with E-state index in [2.05, 4.69) is 4.74 Å². The van der Waals surface area contributed by atoms with Crippen molar-refractivity contribution in [2.24, 2.45) is 5.41 Å². The average molecular weight is 399 g/mol. The zero-order valence-electron chi connectivity index (χ0n) is 15.7. The maximum atomic E-state index is 13.9. The number of ether oxygens (including phenoxy) is 2. The predicted molar refractivity (Wildman–Crippen MR) is 94.7 cm³/mol. The number of aliphatic hydroxyl groups is 1. The molecule has 28 heavy (non-hydrogen) atoms. The van der Waals surface area contributed by atoms with Crippen LogP contribution in [-0.2, 0) is 5.60 Å². The van der Waals surface area contributed by atoms with Crippen LogP contribution in [0.25, 0.3) is 0 Å². The average Bonchev–Trinajstić information content (AvgIpc) is 2.59. The third-order valence-electron chi connectivity index (χ3n) is 5.19. The van der Waals surface area contributed by atoms with Crippen molar-refractivity contribution in [1.82, 2.24) is 4.90 Å². The van der Waals surface area contributed by atoms with Crippen molar-refractivity contribution >= 4 is 0 Å². The molecule has 1 aliphatic heterocycles. The van der Waals surface area contributed by atoms with Gasteiger partial charge in [-0.1, -0.05) is 25.1 Å². The first kappa shape index (κ1) is 20.4. The Morgan fingerprint density at radius 1 is 1.04 bits per heavy atom. The van der Waals surface area contributed by atoms with Crippen LogP contribution in [-0.4, -0.2) is 43.6 Å². The van der Waals surface area contributed by atoms with E-state index in [9.17, 15) is 22.7 Å². The van der Waals surface area contributed by atoms with Gasteiger partial charge in [0, 0.05) is 18.5 Å². The molecule has 1 fully saturated rings. The van der Waals surface area contributed by atoms with Gasteiger partial charge in [-0.3, -0.25) is 0 Å². The number of alkyl halides is 3. The molecule has 3 rings (SSSR count). The summed E-state index contributed by atoms with van der Waals surface area (Å²) in [6.07, 6.45) is -4.80. The Morgan fingerprint density at radius 3 is 2.11 bits per heavy atom. The molecule has 0 amide bonds. The van der Waals surface area contributed by atoms with Crippen molar-refractivity contribution < 1.29 is 32.1 Å². The van der Waals surface area contributed by atoms with E-state index in [4.69, 9.17) is 4.74 Å². The standard InChI is InChI=1S/C20H21F4NO3/c1-18(11-25(2)12-18)19(26,14-6-9-16(21)17(10-14)27-3)13-4-7-15(8-5-13)28-20(22,23)24/h4-10,26H,11-12H2,1-3H3/t19-/m0/s1. The largest absolute Gasteiger partial charge is 0.573 e. The minimum Gasteiger partial charge on any atom is -0.494 e. The van der Waals surface area contributed by atoms with Gasteiger partial charge in [0.1, 0.15) is 11.4 Å². The lowest BCUT2D eigenvalue weighted by atomic mass is 9.62. The molecule has 4 nitrogen and oxygen atoms in total. The number of nitrogens with zero attached hydrogens (tertiary/aromatic N) is 1. The number of benzene rings is 2. The molecule has 0 bridgehead atoms. The van der Waals surface area contributed by atoms with Crippen LogP contribution in [0.3, 0.4) is 0 Å². The zero-order valence-corrected chi connectivity index (χ0v) is 15.7. The van der Waals surface area contributed by atoms with Crippen LogP contribution in [0.1, 0.15) is 18.1 Å². The molecule has 0 saturated carbocycles. The molecule has 0 radical (unpaired) electrons. The molecule has 0 spiro atoms. The predicted octanol–water partition coefficient (Wildman–Crippen LogP) is 3.92. The van der Waals surface area contributed by atoms with Gasteiger partial charge in [0.05, 0.1) is 7.11 Å². The molecule has 1 saturated heterocycles. The van der Waals surface area contributed by atoms with Crippen LogP contribution in [0.5, 0.6) is 11.5 Å². The molecule has 1 atom stereocenters. The fraction of sp³-hybridized carbons (Fsp3) is 0.400. The number of hydrogen-bond acceptors (Lipinski definition) is 4. The maximum absolute atomic E-state index is 13.9. The summed E-state index contributed by atoms with van der Waals surface area (Å²) >= 11 is 0. The molecule has 2 aromatic carbocycles. The Bertz CT molecular complexity index is 848. The molecule has 1 N–H and O–H groups in total. The summed E-state index contributed by atoms with van der Waals surface area (Å²) in [5.74, 6) is -0.978. The molecular formula is C20H21F4NO3. The molecule has 0 unspecified atom stereocenters. The molecule has 152 valence electrons. The molecule has 1 heterocycles. The highest BCUT2D eigenvalue weighted by molar-refractivity contribution is 5.45. The third-order valence-corrected chi connectivity index (χ3v) is 5.19. The van der Waals surface area contributed by atoms with Crippen molar-refractivity contribution in [1.29, 1.82) is 0 Å². The van der Waals surface area contributed by atoms with Gasteiger partial charge >= 0.3 is 6.36 Å². The first-order chi connectivity index (χ1) is 13.0. The number of rotatable bonds is 5. The van der Waals surface area contributed by atoms with Crippen molar-refractivity contribution in [3.8, 4) is 11.5 Å². The summed E-state index contributed by atoms with van der Waals surface area (Å²) in [6, 6.07) is 9.16. The van der Waals surface area contributed by atoms with E-state index < -0.39 is 23.2 Å². The van der Waals surface area contributed by atoms with Crippen molar-refractivity contribution in [2.75, 3.05) is 27.2 Å². The molecule has 0 aromatic heterocycles. The first-order valence-corrected chi connectivity index (χ1v) is 8.60. The second-order valence-electron chi connectivity index (χ2n) is 7.36. The second kappa shape index (κ2) is 6.93. The van der Waals surface area contributed by atoms with E-state index in [1.165, 1.54) is 37.4 Å². The lowest BCUT2D eigenvalue weighted by molar-refractivity contribution is -0.274.